The maximum absolute atomic E-state index is 12.8. The summed E-state index contributed by atoms with van der Waals surface area (Å²) >= 11 is 0. The number of amides is 1. The molecule has 1 aliphatic carbocycles. The number of nitrogens with one attached hydrogen (secondary N) is 2. The number of alkyl halides is 3. The second-order valence-corrected chi connectivity index (χ2v) is 9.21. The summed E-state index contributed by atoms with van der Waals surface area (Å²) in [6, 6.07) is 7.09. The van der Waals surface area contributed by atoms with Gasteiger partial charge < -0.3 is 9.73 Å². The minimum atomic E-state index is -4.21. The first-order valence-electron chi connectivity index (χ1n) is 9.56. The van der Waals surface area contributed by atoms with Crippen molar-refractivity contribution in [1.82, 2.24) is 10.0 Å². The predicted molar refractivity (Wildman–Crippen MR) is 103 cm³/mol. The Morgan fingerprint density at radius 2 is 1.87 bits per heavy atom. The zero-order valence-corrected chi connectivity index (χ0v) is 17.1. The summed E-state index contributed by atoms with van der Waals surface area (Å²) < 4.78 is 71.0. The number of benzene rings is 1. The second-order valence-electron chi connectivity index (χ2n) is 7.44. The van der Waals surface area contributed by atoms with Gasteiger partial charge in [-0.3, -0.25) is 4.79 Å². The number of carbonyl (C=O) groups excluding carboxylic acids is 1. The predicted octanol–water partition coefficient (Wildman–Crippen LogP) is 3.92. The molecule has 0 bridgehead atoms. The Hall–Kier alpha value is -2.33. The largest absolute Gasteiger partial charge is 0.468 e. The van der Waals surface area contributed by atoms with Crippen LogP contribution in [0.1, 0.15) is 47.4 Å². The molecule has 2 N–H and O–H groups in total. The van der Waals surface area contributed by atoms with Crippen LogP contribution in [0.15, 0.2) is 45.9 Å². The summed E-state index contributed by atoms with van der Waals surface area (Å²) in [6.45, 7) is 1.63. The lowest BCUT2D eigenvalue weighted by molar-refractivity contribution is -0.182. The van der Waals surface area contributed by atoms with Crippen LogP contribution in [0, 0.1) is 12.8 Å². The molecule has 0 spiro atoms. The lowest BCUT2D eigenvalue weighted by Gasteiger charge is -2.30. The molecule has 2 aromatic rings. The molecular weight excluding hydrogens is 421 g/mol. The molecule has 0 atom stereocenters. The molecular formula is C20H23F3N2O4S. The molecule has 1 aromatic carbocycles. The summed E-state index contributed by atoms with van der Waals surface area (Å²) in [5.74, 6) is -1.38. The van der Waals surface area contributed by atoms with Gasteiger partial charge in [0, 0.05) is 11.6 Å². The van der Waals surface area contributed by atoms with E-state index in [9.17, 15) is 26.4 Å². The number of halogens is 3. The fourth-order valence-electron chi connectivity index (χ4n) is 3.50. The van der Waals surface area contributed by atoms with Crippen molar-refractivity contribution in [3.63, 3.8) is 0 Å². The van der Waals surface area contributed by atoms with Crippen LogP contribution in [0.25, 0.3) is 0 Å². The average Bonchev–Trinajstić information content (AvgIpc) is 3.20. The Balaban J connectivity index is 1.66. The molecule has 1 fully saturated rings. The van der Waals surface area contributed by atoms with Crippen LogP contribution >= 0.6 is 0 Å². The maximum Gasteiger partial charge on any atom is 0.391 e. The van der Waals surface area contributed by atoms with Gasteiger partial charge in [0.15, 0.2) is 0 Å². The zero-order chi connectivity index (χ0) is 21.9. The van der Waals surface area contributed by atoms with Gasteiger partial charge in [0.25, 0.3) is 5.91 Å². The first-order chi connectivity index (χ1) is 14.1. The van der Waals surface area contributed by atoms with E-state index in [4.69, 9.17) is 4.42 Å². The van der Waals surface area contributed by atoms with Crippen molar-refractivity contribution >= 4 is 15.9 Å². The van der Waals surface area contributed by atoms with Crippen molar-refractivity contribution in [2.45, 2.75) is 56.3 Å². The van der Waals surface area contributed by atoms with E-state index in [1.807, 2.05) is 0 Å². The van der Waals surface area contributed by atoms with E-state index in [2.05, 4.69) is 10.0 Å². The van der Waals surface area contributed by atoms with E-state index in [-0.39, 0.29) is 48.7 Å². The van der Waals surface area contributed by atoms with E-state index in [1.54, 1.807) is 19.1 Å². The molecule has 1 aliphatic rings. The Kier molecular flexibility index (Phi) is 6.56. The first-order valence-corrected chi connectivity index (χ1v) is 11.0. The fraction of sp³-hybridized carbons (Fsp3) is 0.450. The highest BCUT2D eigenvalue weighted by Gasteiger charge is 2.41. The summed E-state index contributed by atoms with van der Waals surface area (Å²) in [5, 5.41) is 2.74. The molecule has 6 nitrogen and oxygen atoms in total. The number of furan rings is 1. The zero-order valence-electron chi connectivity index (χ0n) is 16.3. The molecule has 1 aromatic heterocycles. The van der Waals surface area contributed by atoms with Crippen LogP contribution in [-0.2, 0) is 16.6 Å². The van der Waals surface area contributed by atoms with E-state index < -0.39 is 28.0 Å². The quantitative estimate of drug-likeness (QED) is 0.707. The van der Waals surface area contributed by atoms with Gasteiger partial charge >= 0.3 is 6.18 Å². The topological polar surface area (TPSA) is 88.4 Å². The van der Waals surface area contributed by atoms with Crippen LogP contribution < -0.4 is 10.0 Å². The van der Waals surface area contributed by atoms with Crippen LogP contribution in [0.2, 0.25) is 0 Å². The van der Waals surface area contributed by atoms with Crippen molar-refractivity contribution < 1.29 is 30.8 Å². The van der Waals surface area contributed by atoms with Gasteiger partial charge in [-0.05, 0) is 62.4 Å². The fourth-order valence-corrected chi connectivity index (χ4v) is 4.52. The van der Waals surface area contributed by atoms with Crippen LogP contribution in [0.4, 0.5) is 13.2 Å². The number of rotatable bonds is 6. The number of carbonyl (C=O) groups is 1. The molecule has 0 radical (unpaired) electrons. The van der Waals surface area contributed by atoms with Gasteiger partial charge in [-0.15, -0.1) is 0 Å². The molecule has 1 saturated carbocycles. The van der Waals surface area contributed by atoms with Crippen LogP contribution in [-0.4, -0.2) is 26.5 Å². The SMILES string of the molecule is Cc1ccc(S(=O)(=O)NCc2ccco2)cc1C(=O)NC1CCC(C(F)(F)F)CC1. The smallest absolute Gasteiger partial charge is 0.391 e. The van der Waals surface area contributed by atoms with Gasteiger partial charge in [-0.25, -0.2) is 13.1 Å². The van der Waals surface area contributed by atoms with Gasteiger partial charge in [-0.2, -0.15) is 13.2 Å². The third-order valence-electron chi connectivity index (χ3n) is 5.31. The molecule has 0 aliphatic heterocycles. The number of hydrogen-bond donors (Lipinski definition) is 2. The standard InChI is InChI=1S/C20H23F3N2O4S/c1-13-4-9-17(30(27,28)24-12-16-3-2-10-29-16)11-18(13)19(26)25-15-7-5-14(6-8-15)20(21,22)23/h2-4,9-11,14-15,24H,5-8,12H2,1H3,(H,25,26). The van der Waals surface area contributed by atoms with Crippen molar-refractivity contribution in [3.8, 4) is 0 Å². The maximum atomic E-state index is 12.8. The minimum absolute atomic E-state index is 0.0292. The molecule has 0 saturated heterocycles. The number of sulfonamides is 1. The minimum Gasteiger partial charge on any atom is -0.468 e. The Morgan fingerprint density at radius 1 is 1.17 bits per heavy atom. The Bertz CT molecular complexity index is 980. The molecule has 30 heavy (non-hydrogen) atoms. The Morgan fingerprint density at radius 3 is 2.47 bits per heavy atom. The Labute approximate surface area is 172 Å². The van der Waals surface area contributed by atoms with Crippen molar-refractivity contribution in [2.75, 3.05) is 0 Å². The van der Waals surface area contributed by atoms with Gasteiger partial charge in [0.2, 0.25) is 10.0 Å². The van der Waals surface area contributed by atoms with Gasteiger partial charge in [0.1, 0.15) is 5.76 Å². The average molecular weight is 444 g/mol. The number of hydrogen-bond acceptors (Lipinski definition) is 4. The third-order valence-corrected chi connectivity index (χ3v) is 6.70. The van der Waals surface area contributed by atoms with Gasteiger partial charge in [0.05, 0.1) is 23.6 Å². The molecule has 0 unspecified atom stereocenters. The van der Waals surface area contributed by atoms with Crippen molar-refractivity contribution in [1.29, 1.82) is 0 Å². The third kappa shape index (κ3) is 5.42. The first kappa shape index (κ1) is 22.4. The second kappa shape index (κ2) is 8.81. The van der Waals surface area contributed by atoms with Gasteiger partial charge in [-0.1, -0.05) is 6.07 Å². The lowest BCUT2D eigenvalue weighted by Crippen LogP contribution is -2.40. The molecule has 1 heterocycles. The lowest BCUT2D eigenvalue weighted by atomic mass is 9.85. The van der Waals surface area contributed by atoms with Crippen LogP contribution in [0.3, 0.4) is 0 Å². The normalized spacial score (nSPS) is 20.1. The van der Waals surface area contributed by atoms with E-state index in [1.165, 1.54) is 24.5 Å². The van der Waals surface area contributed by atoms with E-state index in [0.717, 1.165) is 0 Å². The summed E-state index contributed by atoms with van der Waals surface area (Å²) in [7, 11) is -3.88. The summed E-state index contributed by atoms with van der Waals surface area (Å²) in [4.78, 5) is 12.6. The number of aryl methyl sites for hydroxylation is 1. The van der Waals surface area contributed by atoms with E-state index >= 15 is 0 Å². The van der Waals surface area contributed by atoms with Crippen molar-refractivity contribution in [2.24, 2.45) is 5.92 Å². The highest BCUT2D eigenvalue weighted by Crippen LogP contribution is 2.37. The molecule has 164 valence electrons. The van der Waals surface area contributed by atoms with Crippen molar-refractivity contribution in [3.05, 3.63) is 53.5 Å². The molecule has 1 amide bonds. The van der Waals surface area contributed by atoms with Crippen LogP contribution in [0.5, 0.6) is 0 Å². The monoisotopic (exact) mass is 444 g/mol. The molecule has 3 rings (SSSR count). The molecule has 10 heteroatoms. The highest BCUT2D eigenvalue weighted by molar-refractivity contribution is 7.89. The van der Waals surface area contributed by atoms with E-state index in [0.29, 0.717) is 11.3 Å². The summed E-state index contributed by atoms with van der Waals surface area (Å²) in [5.41, 5.74) is 0.746. The summed E-state index contributed by atoms with van der Waals surface area (Å²) in [6.07, 6.45) is -2.37. The highest BCUT2D eigenvalue weighted by atomic mass is 32.2.